The summed E-state index contributed by atoms with van der Waals surface area (Å²) in [6.07, 6.45) is 1.37. The summed E-state index contributed by atoms with van der Waals surface area (Å²) in [5, 5.41) is 4.18. The van der Waals surface area contributed by atoms with Crippen molar-refractivity contribution in [1.82, 2.24) is 10.3 Å². The van der Waals surface area contributed by atoms with Crippen LogP contribution >= 0.6 is 0 Å². The van der Waals surface area contributed by atoms with Crippen LogP contribution in [-0.4, -0.2) is 43.7 Å². The number of benzene rings is 3. The molecule has 1 aliphatic heterocycles. The Morgan fingerprint density at radius 2 is 1.76 bits per heavy atom. The number of amides is 2. The maximum Gasteiger partial charge on any atom is 0.259 e. The van der Waals surface area contributed by atoms with Gasteiger partial charge in [0.25, 0.3) is 11.8 Å². The summed E-state index contributed by atoms with van der Waals surface area (Å²) < 4.78 is 16.9. The normalized spacial score (nSPS) is 14.2. The second-order valence-electron chi connectivity index (χ2n) is 8.50. The number of aromatic nitrogens is 1. The van der Waals surface area contributed by atoms with E-state index in [1.54, 1.807) is 7.11 Å². The van der Waals surface area contributed by atoms with Crippen molar-refractivity contribution >= 4 is 33.6 Å². The number of nitrogens with one attached hydrogen (secondary N) is 2. The highest BCUT2D eigenvalue weighted by molar-refractivity contribution is 6.32. The molecule has 4 aromatic rings. The molecule has 0 bridgehead atoms. The first-order chi connectivity index (χ1) is 16.6. The van der Waals surface area contributed by atoms with Crippen LogP contribution in [-0.2, 0) is 17.6 Å². The molecule has 2 heterocycles. The summed E-state index contributed by atoms with van der Waals surface area (Å²) in [5.74, 6) is 0.877. The van der Waals surface area contributed by atoms with Crippen LogP contribution in [0.5, 0.6) is 11.5 Å². The lowest BCUT2D eigenvalue weighted by Gasteiger charge is -2.25. The molecule has 3 aromatic carbocycles. The van der Waals surface area contributed by atoms with Crippen molar-refractivity contribution < 1.29 is 23.8 Å². The predicted molar refractivity (Wildman–Crippen MR) is 129 cm³/mol. The van der Waals surface area contributed by atoms with Crippen LogP contribution in [0.3, 0.4) is 0 Å². The molecule has 0 spiro atoms. The van der Waals surface area contributed by atoms with E-state index in [-0.39, 0.29) is 11.8 Å². The largest absolute Gasteiger partial charge is 0.497 e. The fourth-order valence-corrected chi connectivity index (χ4v) is 5.35. The second-order valence-corrected chi connectivity index (χ2v) is 8.50. The van der Waals surface area contributed by atoms with Crippen LogP contribution < -0.4 is 14.8 Å². The van der Waals surface area contributed by atoms with E-state index < -0.39 is 0 Å². The van der Waals surface area contributed by atoms with Gasteiger partial charge in [-0.2, -0.15) is 0 Å². The van der Waals surface area contributed by atoms with Gasteiger partial charge in [-0.05, 0) is 49.1 Å². The third-order valence-corrected chi connectivity index (χ3v) is 6.76. The first kappa shape index (κ1) is 20.7. The molecule has 0 saturated heterocycles. The van der Waals surface area contributed by atoms with Crippen molar-refractivity contribution in [2.75, 3.05) is 26.9 Å². The summed E-state index contributed by atoms with van der Waals surface area (Å²) >= 11 is 0. The van der Waals surface area contributed by atoms with Crippen molar-refractivity contribution in [2.24, 2.45) is 0 Å². The van der Waals surface area contributed by atoms with E-state index in [4.69, 9.17) is 14.2 Å². The zero-order chi connectivity index (χ0) is 23.4. The fraction of sp³-hybridized carbons (Fsp3) is 0.259. The van der Waals surface area contributed by atoms with E-state index in [1.807, 2.05) is 37.3 Å². The van der Waals surface area contributed by atoms with E-state index in [0.29, 0.717) is 37.4 Å². The third-order valence-electron chi connectivity index (χ3n) is 6.76. The number of fused-ring (bicyclic) bond motifs is 10. The number of hydrogen-bond donors (Lipinski definition) is 2. The van der Waals surface area contributed by atoms with Gasteiger partial charge in [-0.15, -0.1) is 0 Å². The second kappa shape index (κ2) is 7.88. The molecule has 1 aromatic heterocycles. The van der Waals surface area contributed by atoms with E-state index in [0.717, 1.165) is 62.0 Å². The lowest BCUT2D eigenvalue weighted by atomic mass is 9.80. The Labute approximate surface area is 196 Å². The molecule has 0 radical (unpaired) electrons. The molecule has 2 amide bonds. The molecular formula is C27H24N2O5. The average Bonchev–Trinajstić information content (AvgIpc) is 3.37. The van der Waals surface area contributed by atoms with Gasteiger partial charge < -0.3 is 19.2 Å². The number of rotatable bonds is 6. The Bertz CT molecular complexity index is 1500. The van der Waals surface area contributed by atoms with Crippen molar-refractivity contribution in [1.29, 1.82) is 0 Å². The lowest BCUT2D eigenvalue weighted by Crippen LogP contribution is -2.20. The van der Waals surface area contributed by atoms with Crippen molar-refractivity contribution in [3.63, 3.8) is 0 Å². The maximum atomic E-state index is 12.9. The molecule has 2 N–H and O–H groups in total. The molecular weight excluding hydrogens is 432 g/mol. The Morgan fingerprint density at radius 1 is 0.941 bits per heavy atom. The van der Waals surface area contributed by atoms with Gasteiger partial charge in [-0.3, -0.25) is 14.9 Å². The van der Waals surface area contributed by atoms with E-state index in [2.05, 4.69) is 16.4 Å². The Kier molecular flexibility index (Phi) is 4.81. The highest BCUT2D eigenvalue weighted by Gasteiger charge is 2.37. The maximum absolute atomic E-state index is 12.9. The van der Waals surface area contributed by atoms with Crippen LogP contribution in [0.4, 0.5) is 0 Å². The summed E-state index contributed by atoms with van der Waals surface area (Å²) in [4.78, 5) is 29.4. The van der Waals surface area contributed by atoms with Gasteiger partial charge in [-0.1, -0.05) is 12.1 Å². The Morgan fingerprint density at radius 3 is 2.59 bits per heavy atom. The number of hydrogen-bond acceptors (Lipinski definition) is 5. The number of imide groups is 1. The van der Waals surface area contributed by atoms with Crippen LogP contribution in [0.25, 0.3) is 32.9 Å². The van der Waals surface area contributed by atoms with Gasteiger partial charge in [0, 0.05) is 34.6 Å². The Hall–Kier alpha value is -3.84. The molecule has 6 rings (SSSR count). The number of ether oxygens (including phenoxy) is 3. The van der Waals surface area contributed by atoms with Crippen LogP contribution in [0.15, 0.2) is 36.4 Å². The number of carbonyl (C=O) groups is 2. The Balaban J connectivity index is 1.63. The summed E-state index contributed by atoms with van der Waals surface area (Å²) in [6.45, 7) is 3.61. The van der Waals surface area contributed by atoms with Crippen molar-refractivity contribution in [3.05, 3.63) is 58.7 Å². The smallest absolute Gasteiger partial charge is 0.259 e. The zero-order valence-electron chi connectivity index (χ0n) is 19.0. The van der Waals surface area contributed by atoms with Gasteiger partial charge in [0.1, 0.15) is 18.1 Å². The standard InChI is InChI=1S/C27H24N2O5/c1-3-33-11-12-34-20-6-4-5-16-15(20)9-10-18-21(16)25-22(24-23(18)26(30)29-27(24)31)17-8-7-14(32-2)13-19(17)28-25/h4-8,13,28H,3,9-12H2,1-2H3,(H,29,30,31). The zero-order valence-corrected chi connectivity index (χ0v) is 19.0. The summed E-state index contributed by atoms with van der Waals surface area (Å²) in [6, 6.07) is 11.7. The average molecular weight is 456 g/mol. The van der Waals surface area contributed by atoms with Crippen LogP contribution in [0.1, 0.15) is 38.8 Å². The molecule has 0 unspecified atom stereocenters. The first-order valence-corrected chi connectivity index (χ1v) is 11.5. The van der Waals surface area contributed by atoms with E-state index in [9.17, 15) is 9.59 Å². The molecule has 172 valence electrons. The van der Waals surface area contributed by atoms with Gasteiger partial charge >= 0.3 is 0 Å². The minimum absolute atomic E-state index is 0.325. The van der Waals surface area contributed by atoms with Crippen molar-refractivity contribution in [3.8, 4) is 22.6 Å². The molecule has 34 heavy (non-hydrogen) atoms. The number of aromatic amines is 1. The third kappa shape index (κ3) is 2.93. The molecule has 0 fully saturated rings. The molecule has 0 saturated carbocycles. The molecule has 7 nitrogen and oxygen atoms in total. The molecule has 0 atom stereocenters. The minimum atomic E-state index is -0.344. The van der Waals surface area contributed by atoms with Crippen molar-refractivity contribution in [2.45, 2.75) is 19.8 Å². The van der Waals surface area contributed by atoms with Gasteiger partial charge in [-0.25, -0.2) is 0 Å². The lowest BCUT2D eigenvalue weighted by molar-refractivity contribution is 0.0880. The molecule has 1 aliphatic carbocycles. The molecule has 2 aliphatic rings. The van der Waals surface area contributed by atoms with Crippen LogP contribution in [0.2, 0.25) is 0 Å². The highest BCUT2D eigenvalue weighted by Crippen LogP contribution is 2.47. The highest BCUT2D eigenvalue weighted by atomic mass is 16.5. The predicted octanol–water partition coefficient (Wildman–Crippen LogP) is 4.39. The summed E-state index contributed by atoms with van der Waals surface area (Å²) in [7, 11) is 1.62. The number of methoxy groups -OCH3 is 1. The monoisotopic (exact) mass is 456 g/mol. The van der Waals surface area contributed by atoms with Gasteiger partial charge in [0.2, 0.25) is 0 Å². The minimum Gasteiger partial charge on any atom is -0.497 e. The first-order valence-electron chi connectivity index (χ1n) is 11.5. The SMILES string of the molecule is CCOCCOc1cccc2c1CCc1c3c(c4c([nH]c5cc(OC)ccc54)c1-2)C(=O)NC3=O. The molecule has 7 heteroatoms. The van der Waals surface area contributed by atoms with Gasteiger partial charge in [0.05, 0.1) is 35.9 Å². The van der Waals surface area contributed by atoms with Gasteiger partial charge in [0.15, 0.2) is 0 Å². The number of H-pyrrole nitrogens is 1. The summed E-state index contributed by atoms with van der Waals surface area (Å²) in [5.41, 5.74) is 6.67. The topological polar surface area (TPSA) is 89.7 Å². The quantitative estimate of drug-likeness (QED) is 0.332. The van der Waals surface area contributed by atoms with E-state index in [1.165, 1.54) is 0 Å². The number of carbonyl (C=O) groups excluding carboxylic acids is 2. The van der Waals surface area contributed by atoms with Crippen LogP contribution in [0, 0.1) is 0 Å². The fourth-order valence-electron chi connectivity index (χ4n) is 5.35. The van der Waals surface area contributed by atoms with E-state index >= 15 is 0 Å².